The number of hydrogen-bond acceptors (Lipinski definition) is 3. The Morgan fingerprint density at radius 2 is 1.77 bits per heavy atom. The lowest BCUT2D eigenvalue weighted by molar-refractivity contribution is -0.121. The van der Waals surface area contributed by atoms with Crippen LogP contribution in [0.1, 0.15) is 44.6 Å². The molecule has 0 unspecified atom stereocenters. The molecule has 1 saturated heterocycles. The average Bonchev–Trinajstić information content (AvgIpc) is 2.77. The highest BCUT2D eigenvalue weighted by atomic mass is 16.2. The fraction of sp³-hybridized carbons (Fsp3) is 0.556. The maximum absolute atomic E-state index is 12.6. The van der Waals surface area contributed by atoms with E-state index in [0.29, 0.717) is 17.6 Å². The van der Waals surface area contributed by atoms with Crippen molar-refractivity contribution >= 4 is 17.5 Å². The highest BCUT2D eigenvalue weighted by Gasteiger charge is 2.41. The van der Waals surface area contributed by atoms with Crippen LogP contribution in [0.25, 0.3) is 0 Å². The molecule has 22 heavy (non-hydrogen) atoms. The minimum absolute atomic E-state index is 0.102. The van der Waals surface area contributed by atoms with Crippen LogP contribution in [0.4, 0.5) is 5.69 Å². The van der Waals surface area contributed by atoms with E-state index in [1.807, 2.05) is 31.2 Å². The smallest absolute Gasteiger partial charge is 0.251 e. The van der Waals surface area contributed by atoms with Gasteiger partial charge in [0.15, 0.2) is 0 Å². The molecule has 2 aliphatic rings. The lowest BCUT2D eigenvalue weighted by atomic mass is 9.85. The molecular weight excluding hydrogens is 276 g/mol. The number of nitrogens with zero attached hydrogens (tertiary/aromatic N) is 1. The van der Waals surface area contributed by atoms with Gasteiger partial charge in [-0.05, 0) is 37.8 Å². The van der Waals surface area contributed by atoms with Crippen LogP contribution in [0.3, 0.4) is 0 Å². The van der Waals surface area contributed by atoms with E-state index >= 15 is 0 Å². The van der Waals surface area contributed by atoms with Gasteiger partial charge >= 0.3 is 0 Å². The van der Waals surface area contributed by atoms with E-state index < -0.39 is 0 Å². The van der Waals surface area contributed by atoms with E-state index in [9.17, 15) is 9.59 Å². The number of aryl methyl sites for hydroxylation is 1. The zero-order valence-electron chi connectivity index (χ0n) is 13.3. The standard InChI is InChI=1S/C18H24N2O2/c1-12-7-9-14(10-8-12)20-17(21)11-16(18(20)22)19-15-6-4-3-5-13(15)2/h7-10,13,15-16,19H,3-6,11H2,1-2H3/t13-,15+,16-/m1/s1. The van der Waals surface area contributed by atoms with Gasteiger partial charge in [-0.3, -0.25) is 9.59 Å². The summed E-state index contributed by atoms with van der Waals surface area (Å²) < 4.78 is 0. The second kappa shape index (κ2) is 6.21. The molecule has 2 amide bonds. The first-order chi connectivity index (χ1) is 10.6. The van der Waals surface area contributed by atoms with Crippen LogP contribution in [0, 0.1) is 12.8 Å². The first kappa shape index (κ1) is 15.2. The third-order valence-electron chi connectivity index (χ3n) is 4.97. The Morgan fingerprint density at radius 1 is 1.09 bits per heavy atom. The molecule has 3 atom stereocenters. The van der Waals surface area contributed by atoms with Gasteiger partial charge in [0.1, 0.15) is 0 Å². The van der Waals surface area contributed by atoms with Crippen molar-refractivity contribution < 1.29 is 9.59 Å². The third-order valence-corrected chi connectivity index (χ3v) is 4.97. The van der Waals surface area contributed by atoms with E-state index in [4.69, 9.17) is 0 Å². The summed E-state index contributed by atoms with van der Waals surface area (Å²) in [4.78, 5) is 26.2. The number of carbonyl (C=O) groups is 2. The fourth-order valence-electron chi connectivity index (χ4n) is 3.55. The minimum atomic E-state index is -0.362. The lowest BCUT2D eigenvalue weighted by Gasteiger charge is -2.31. The number of rotatable bonds is 3. The van der Waals surface area contributed by atoms with Crippen molar-refractivity contribution in [3.63, 3.8) is 0 Å². The van der Waals surface area contributed by atoms with Crippen molar-refractivity contribution in [3.05, 3.63) is 29.8 Å². The second-order valence-electron chi connectivity index (χ2n) is 6.69. The van der Waals surface area contributed by atoms with Gasteiger partial charge in [0.2, 0.25) is 5.91 Å². The second-order valence-corrected chi connectivity index (χ2v) is 6.69. The maximum Gasteiger partial charge on any atom is 0.251 e. The summed E-state index contributed by atoms with van der Waals surface area (Å²) in [5, 5.41) is 3.45. The summed E-state index contributed by atoms with van der Waals surface area (Å²) in [7, 11) is 0. The van der Waals surface area contributed by atoms with E-state index in [-0.39, 0.29) is 24.3 Å². The number of imide groups is 1. The largest absolute Gasteiger partial charge is 0.302 e. The first-order valence-electron chi connectivity index (χ1n) is 8.26. The van der Waals surface area contributed by atoms with Crippen molar-refractivity contribution in [2.24, 2.45) is 5.92 Å². The molecule has 1 N–H and O–H groups in total. The summed E-state index contributed by atoms with van der Waals surface area (Å²) in [6.07, 6.45) is 5.05. The van der Waals surface area contributed by atoms with Crippen molar-refractivity contribution in [2.45, 2.75) is 58.0 Å². The molecule has 3 rings (SSSR count). The van der Waals surface area contributed by atoms with Crippen LogP contribution in [-0.2, 0) is 9.59 Å². The summed E-state index contributed by atoms with van der Waals surface area (Å²) >= 11 is 0. The molecule has 0 radical (unpaired) electrons. The van der Waals surface area contributed by atoms with Gasteiger partial charge < -0.3 is 5.32 Å². The Balaban J connectivity index is 1.72. The van der Waals surface area contributed by atoms with E-state index in [1.165, 1.54) is 24.2 Å². The molecule has 4 nitrogen and oxygen atoms in total. The predicted octanol–water partition coefficient (Wildman–Crippen LogP) is 2.80. The van der Waals surface area contributed by atoms with Crippen LogP contribution in [0.2, 0.25) is 0 Å². The number of hydrogen-bond donors (Lipinski definition) is 1. The fourth-order valence-corrected chi connectivity index (χ4v) is 3.55. The molecule has 0 aromatic heterocycles. The molecule has 4 heteroatoms. The van der Waals surface area contributed by atoms with Crippen molar-refractivity contribution in [3.8, 4) is 0 Å². The van der Waals surface area contributed by atoms with E-state index in [2.05, 4.69) is 12.2 Å². The van der Waals surface area contributed by atoms with Gasteiger partial charge in [-0.15, -0.1) is 0 Å². The van der Waals surface area contributed by atoms with Crippen molar-refractivity contribution in [1.29, 1.82) is 0 Å². The lowest BCUT2D eigenvalue weighted by Crippen LogP contribution is -2.47. The minimum Gasteiger partial charge on any atom is -0.302 e. The number of nitrogens with one attached hydrogen (secondary N) is 1. The Kier molecular flexibility index (Phi) is 4.30. The molecule has 118 valence electrons. The molecule has 1 aromatic rings. The molecule has 1 aromatic carbocycles. The molecule has 1 aliphatic carbocycles. The molecule has 1 aliphatic heterocycles. The maximum atomic E-state index is 12.6. The first-order valence-corrected chi connectivity index (χ1v) is 8.26. The van der Waals surface area contributed by atoms with Gasteiger partial charge in [0.25, 0.3) is 5.91 Å². The van der Waals surface area contributed by atoms with Gasteiger partial charge in [-0.1, -0.05) is 37.5 Å². The SMILES string of the molecule is Cc1ccc(N2C(=O)C[C@@H](N[C@H]3CCCC[C@H]3C)C2=O)cc1. The molecular formula is C18H24N2O2. The molecule has 2 fully saturated rings. The number of amides is 2. The van der Waals surface area contributed by atoms with Crippen LogP contribution >= 0.6 is 0 Å². The monoisotopic (exact) mass is 300 g/mol. The number of benzene rings is 1. The summed E-state index contributed by atoms with van der Waals surface area (Å²) in [5.41, 5.74) is 1.80. The average molecular weight is 300 g/mol. The highest BCUT2D eigenvalue weighted by Crippen LogP contribution is 2.27. The topological polar surface area (TPSA) is 49.4 Å². The molecule has 1 saturated carbocycles. The van der Waals surface area contributed by atoms with E-state index in [1.54, 1.807) is 0 Å². The predicted molar refractivity (Wildman–Crippen MR) is 86.6 cm³/mol. The Hall–Kier alpha value is -1.68. The van der Waals surface area contributed by atoms with Gasteiger partial charge in [-0.2, -0.15) is 0 Å². The van der Waals surface area contributed by atoms with Crippen molar-refractivity contribution in [2.75, 3.05) is 4.90 Å². The quantitative estimate of drug-likeness (QED) is 0.873. The zero-order chi connectivity index (χ0) is 15.7. The third kappa shape index (κ3) is 2.93. The van der Waals surface area contributed by atoms with Gasteiger partial charge in [-0.25, -0.2) is 4.90 Å². The number of carbonyl (C=O) groups excluding carboxylic acids is 2. The highest BCUT2D eigenvalue weighted by molar-refractivity contribution is 6.22. The Morgan fingerprint density at radius 3 is 2.45 bits per heavy atom. The van der Waals surface area contributed by atoms with E-state index in [0.717, 1.165) is 12.0 Å². The van der Waals surface area contributed by atoms with Gasteiger partial charge in [0.05, 0.1) is 18.2 Å². The van der Waals surface area contributed by atoms with Gasteiger partial charge in [0, 0.05) is 6.04 Å². The normalized spacial score (nSPS) is 29.2. The van der Waals surface area contributed by atoms with Crippen molar-refractivity contribution in [1.82, 2.24) is 5.32 Å². The summed E-state index contributed by atoms with van der Waals surface area (Å²) in [5.74, 6) is 0.367. The Bertz CT molecular complexity index is 567. The summed E-state index contributed by atoms with van der Waals surface area (Å²) in [6.45, 7) is 4.22. The van der Waals surface area contributed by atoms with Crippen LogP contribution in [-0.4, -0.2) is 23.9 Å². The number of anilines is 1. The Labute approximate surface area is 131 Å². The van der Waals surface area contributed by atoms with Crippen LogP contribution < -0.4 is 10.2 Å². The zero-order valence-corrected chi connectivity index (χ0v) is 13.3. The van der Waals surface area contributed by atoms with Crippen LogP contribution in [0.5, 0.6) is 0 Å². The molecule has 0 bridgehead atoms. The molecule has 0 spiro atoms. The molecule has 1 heterocycles. The van der Waals surface area contributed by atoms with Crippen LogP contribution in [0.15, 0.2) is 24.3 Å². The summed E-state index contributed by atoms with van der Waals surface area (Å²) in [6, 6.07) is 7.54.